The predicted octanol–water partition coefficient (Wildman–Crippen LogP) is 5.48. The zero-order valence-corrected chi connectivity index (χ0v) is 20.1. The molecule has 0 radical (unpaired) electrons. The van der Waals surface area contributed by atoms with Crippen LogP contribution in [-0.4, -0.2) is 34.7 Å². The van der Waals surface area contributed by atoms with Crippen molar-refractivity contribution < 1.29 is 28.0 Å². The van der Waals surface area contributed by atoms with Crippen LogP contribution >= 0.6 is 31.9 Å². The smallest absolute Gasteiger partial charge is 0.298 e. The molecule has 7 nitrogen and oxygen atoms in total. The van der Waals surface area contributed by atoms with Gasteiger partial charge in [-0.3, -0.25) is 9.35 Å². The number of hydrogen-bond acceptors (Lipinski definition) is 6. The van der Waals surface area contributed by atoms with Gasteiger partial charge in [0, 0.05) is 5.39 Å². The molecular formula is C22H15Br2NO6S. The molecule has 0 unspecified atom stereocenters. The average Bonchev–Trinajstić information content (AvgIpc) is 2.74. The molecule has 164 valence electrons. The number of halogens is 2. The summed E-state index contributed by atoms with van der Waals surface area (Å²) in [6.07, 6.45) is 6.22. The van der Waals surface area contributed by atoms with E-state index in [1.165, 1.54) is 24.3 Å². The second kappa shape index (κ2) is 9.78. The molecule has 0 atom stereocenters. The lowest BCUT2D eigenvalue weighted by molar-refractivity contribution is -0.110. The number of allylic oxidation sites excluding steroid dienone is 4. The van der Waals surface area contributed by atoms with Crippen LogP contribution in [0.2, 0.25) is 0 Å². The number of phenols is 2. The van der Waals surface area contributed by atoms with Crippen molar-refractivity contribution in [3.8, 4) is 11.5 Å². The van der Waals surface area contributed by atoms with Gasteiger partial charge in [-0.05, 0) is 79.7 Å². The van der Waals surface area contributed by atoms with Crippen LogP contribution in [0.4, 0.5) is 5.69 Å². The van der Waals surface area contributed by atoms with E-state index in [1.807, 2.05) is 0 Å². The van der Waals surface area contributed by atoms with Gasteiger partial charge in [-0.25, -0.2) is 4.99 Å². The number of ketones is 1. The Hall–Kier alpha value is -2.79. The first kappa shape index (κ1) is 23.9. The molecule has 10 heteroatoms. The number of aliphatic imine (C=N–C) groups is 1. The molecule has 0 heterocycles. The van der Waals surface area contributed by atoms with E-state index >= 15 is 0 Å². The van der Waals surface area contributed by atoms with Crippen molar-refractivity contribution in [1.82, 2.24) is 0 Å². The summed E-state index contributed by atoms with van der Waals surface area (Å²) in [5, 5.41) is 20.3. The van der Waals surface area contributed by atoms with Gasteiger partial charge in [0.25, 0.3) is 10.1 Å². The summed E-state index contributed by atoms with van der Waals surface area (Å²) < 4.78 is 31.7. The largest absolute Gasteiger partial charge is 0.506 e. The Morgan fingerprint density at radius 3 is 2.00 bits per heavy atom. The zero-order valence-electron chi connectivity index (χ0n) is 16.1. The molecule has 0 aromatic heterocycles. The summed E-state index contributed by atoms with van der Waals surface area (Å²) in [5.41, 5.74) is 1.37. The molecule has 1 aliphatic carbocycles. The van der Waals surface area contributed by atoms with Crippen LogP contribution in [0.5, 0.6) is 11.5 Å². The molecule has 0 spiro atoms. The minimum absolute atomic E-state index is 0.0444. The molecule has 0 saturated heterocycles. The number of carbonyl (C=O) groups excluding carboxylic acids is 1. The Bertz CT molecular complexity index is 1370. The van der Waals surface area contributed by atoms with Gasteiger partial charge in [0.1, 0.15) is 16.4 Å². The van der Waals surface area contributed by atoms with E-state index in [0.717, 1.165) is 0 Å². The normalized spacial score (nSPS) is 13.1. The lowest BCUT2D eigenvalue weighted by atomic mass is 10.1. The monoisotopic (exact) mass is 579 g/mol. The summed E-state index contributed by atoms with van der Waals surface area (Å²) in [5.74, 6) is -0.327. The lowest BCUT2D eigenvalue weighted by Crippen LogP contribution is -1.98. The van der Waals surface area contributed by atoms with Gasteiger partial charge in [-0.1, -0.05) is 30.3 Å². The van der Waals surface area contributed by atoms with Crippen LogP contribution < -0.4 is 0 Å². The lowest BCUT2D eigenvalue weighted by Gasteiger charge is -2.04. The summed E-state index contributed by atoms with van der Waals surface area (Å²) in [6.45, 7) is 0. The molecular weight excluding hydrogens is 566 g/mol. The van der Waals surface area contributed by atoms with Crippen molar-refractivity contribution in [3.63, 3.8) is 0 Å². The number of phenolic OH excluding ortho intramolecular Hbond substituents is 2. The molecule has 4 rings (SSSR count). The maximum absolute atomic E-state index is 10.9. The second-order valence-corrected chi connectivity index (χ2v) is 9.57. The number of hydrogen-bond donors (Lipinski definition) is 3. The van der Waals surface area contributed by atoms with E-state index in [-0.39, 0.29) is 11.5 Å². The highest BCUT2D eigenvalue weighted by Crippen LogP contribution is 2.36. The minimum Gasteiger partial charge on any atom is -0.506 e. The molecule has 0 aliphatic heterocycles. The standard InChI is InChI=1S/C12H7Br2NO2.C10H8O4S/c13-10-5-8(6-11(14)12(10)17)15-7-1-3-9(16)4-2-7;11-10-8-4-2-1-3-7(8)5-6-9(10)15(12,13)14/h1-6,17H;1-6,11H,(H,12,13,14). The van der Waals surface area contributed by atoms with Gasteiger partial charge >= 0.3 is 0 Å². The molecule has 0 bridgehead atoms. The number of fused-ring (bicyclic) bond motifs is 1. The van der Waals surface area contributed by atoms with E-state index in [2.05, 4.69) is 36.9 Å². The van der Waals surface area contributed by atoms with Crippen molar-refractivity contribution in [2.75, 3.05) is 0 Å². The van der Waals surface area contributed by atoms with E-state index in [9.17, 15) is 23.4 Å². The molecule has 3 aromatic rings. The highest BCUT2D eigenvalue weighted by atomic mass is 79.9. The van der Waals surface area contributed by atoms with Crippen LogP contribution in [0.15, 0.2) is 91.7 Å². The number of benzene rings is 3. The molecule has 0 fully saturated rings. The van der Waals surface area contributed by atoms with Gasteiger partial charge in [0.2, 0.25) is 0 Å². The zero-order chi connectivity index (χ0) is 23.5. The van der Waals surface area contributed by atoms with Crippen LogP contribution in [0.1, 0.15) is 0 Å². The first-order valence-electron chi connectivity index (χ1n) is 8.91. The fourth-order valence-electron chi connectivity index (χ4n) is 2.73. The summed E-state index contributed by atoms with van der Waals surface area (Å²) in [4.78, 5) is 14.8. The van der Waals surface area contributed by atoms with Crippen LogP contribution in [-0.2, 0) is 14.9 Å². The van der Waals surface area contributed by atoms with Crippen LogP contribution in [0.3, 0.4) is 0 Å². The van der Waals surface area contributed by atoms with Crippen molar-refractivity contribution in [3.05, 3.63) is 81.8 Å². The van der Waals surface area contributed by atoms with Crippen molar-refractivity contribution >= 4 is 69.9 Å². The van der Waals surface area contributed by atoms with Crippen LogP contribution in [0, 0.1) is 0 Å². The maximum atomic E-state index is 10.9. The summed E-state index contributed by atoms with van der Waals surface area (Å²) in [7, 11) is -4.37. The minimum atomic E-state index is -4.37. The average molecular weight is 581 g/mol. The summed E-state index contributed by atoms with van der Waals surface area (Å²) in [6, 6.07) is 12.9. The molecule has 32 heavy (non-hydrogen) atoms. The fraction of sp³-hybridized carbons (Fsp3) is 0. The third-order valence-electron chi connectivity index (χ3n) is 4.24. The Balaban J connectivity index is 0.000000182. The van der Waals surface area contributed by atoms with Gasteiger partial charge < -0.3 is 10.2 Å². The van der Waals surface area contributed by atoms with Gasteiger partial charge in [0.05, 0.1) is 20.3 Å². The third-order valence-corrected chi connectivity index (χ3v) is 6.33. The molecule has 3 N–H and O–H groups in total. The van der Waals surface area contributed by atoms with Gasteiger partial charge in [-0.15, -0.1) is 0 Å². The second-order valence-electron chi connectivity index (χ2n) is 6.47. The van der Waals surface area contributed by atoms with E-state index < -0.39 is 20.8 Å². The maximum Gasteiger partial charge on any atom is 0.298 e. The SMILES string of the molecule is O=C1C=CC(=Nc2cc(Br)c(O)c(Br)c2)C=C1.O=S(=O)(O)c1ccc2ccccc2c1O. The third kappa shape index (κ3) is 5.71. The van der Waals surface area contributed by atoms with Crippen molar-refractivity contribution in [2.24, 2.45) is 4.99 Å². The fourth-order valence-corrected chi connectivity index (χ4v) is 4.49. The highest BCUT2D eigenvalue weighted by Gasteiger charge is 2.16. The Kier molecular flexibility index (Phi) is 7.29. The van der Waals surface area contributed by atoms with E-state index in [1.54, 1.807) is 48.6 Å². The molecule has 0 saturated carbocycles. The van der Waals surface area contributed by atoms with Gasteiger partial charge in [0.15, 0.2) is 5.78 Å². The topological polar surface area (TPSA) is 124 Å². The molecule has 1 aliphatic rings. The quantitative estimate of drug-likeness (QED) is 0.272. The summed E-state index contributed by atoms with van der Waals surface area (Å²) >= 11 is 6.46. The van der Waals surface area contributed by atoms with Crippen molar-refractivity contribution in [1.29, 1.82) is 0 Å². The predicted molar refractivity (Wildman–Crippen MR) is 129 cm³/mol. The Labute approximate surface area is 200 Å². The van der Waals surface area contributed by atoms with Crippen LogP contribution in [0.25, 0.3) is 10.8 Å². The van der Waals surface area contributed by atoms with E-state index in [0.29, 0.717) is 31.1 Å². The Morgan fingerprint density at radius 1 is 0.812 bits per heavy atom. The number of aromatic hydroxyl groups is 2. The first-order chi connectivity index (χ1) is 15.1. The number of carbonyl (C=O) groups is 1. The number of rotatable bonds is 2. The number of nitrogens with zero attached hydrogens (tertiary/aromatic N) is 1. The van der Waals surface area contributed by atoms with Gasteiger partial charge in [-0.2, -0.15) is 8.42 Å². The highest BCUT2D eigenvalue weighted by molar-refractivity contribution is 9.11. The molecule has 0 amide bonds. The van der Waals surface area contributed by atoms with E-state index in [4.69, 9.17) is 4.55 Å². The molecule has 3 aromatic carbocycles. The first-order valence-corrected chi connectivity index (χ1v) is 11.9. The van der Waals surface area contributed by atoms with Crippen molar-refractivity contribution in [2.45, 2.75) is 4.90 Å². The Morgan fingerprint density at radius 2 is 1.41 bits per heavy atom.